The number of amides is 3. The maximum Gasteiger partial charge on any atom is 0.267 e. The molecule has 0 saturated carbocycles. The van der Waals surface area contributed by atoms with Gasteiger partial charge < -0.3 is 5.32 Å². The summed E-state index contributed by atoms with van der Waals surface area (Å²) in [5.41, 5.74) is 4.03. The van der Waals surface area contributed by atoms with Crippen LogP contribution in [0.3, 0.4) is 0 Å². The number of thiocarbonyl (C=S) groups is 1. The van der Waals surface area contributed by atoms with Gasteiger partial charge in [-0.15, -0.1) is 0 Å². The van der Waals surface area contributed by atoms with Crippen molar-refractivity contribution in [1.29, 1.82) is 0 Å². The molecule has 0 spiro atoms. The first-order valence-electron chi connectivity index (χ1n) is 11.3. The normalized spacial score (nSPS) is 22.9. The predicted molar refractivity (Wildman–Crippen MR) is 144 cm³/mol. The van der Waals surface area contributed by atoms with Gasteiger partial charge in [-0.1, -0.05) is 48.2 Å². The summed E-state index contributed by atoms with van der Waals surface area (Å²) in [5, 5.41) is 2.83. The van der Waals surface area contributed by atoms with Crippen molar-refractivity contribution in [2.24, 2.45) is 0 Å². The van der Waals surface area contributed by atoms with E-state index >= 15 is 0 Å². The highest BCUT2D eigenvalue weighted by molar-refractivity contribution is 8.26. The standard InChI is InChI=1S/C25H23N3O5S3/c1-14-7-8-16(11-15(14)2)26-20(29)12-27-19-6-4-3-5-18(19)21(23(27)30)22-24(31)28(25(34)35-22)17-9-10-36(32,33)13-17/h3-8,11,17H,9-10,12-13H2,1-2H3,(H,26,29). The molecule has 1 atom stereocenters. The summed E-state index contributed by atoms with van der Waals surface area (Å²) in [5.74, 6) is -1.44. The van der Waals surface area contributed by atoms with Crippen LogP contribution in [0.5, 0.6) is 0 Å². The average Bonchev–Trinajstić information content (AvgIpc) is 3.41. The lowest BCUT2D eigenvalue weighted by Gasteiger charge is -2.21. The molecule has 2 fully saturated rings. The number of aryl methyl sites for hydroxylation is 2. The minimum atomic E-state index is -3.23. The van der Waals surface area contributed by atoms with Gasteiger partial charge in [0.2, 0.25) is 5.91 Å². The first-order chi connectivity index (χ1) is 17.1. The van der Waals surface area contributed by atoms with Crippen molar-refractivity contribution in [3.8, 4) is 0 Å². The first kappa shape index (κ1) is 24.7. The molecule has 2 saturated heterocycles. The first-order valence-corrected chi connectivity index (χ1v) is 14.4. The smallest absolute Gasteiger partial charge is 0.267 e. The van der Waals surface area contributed by atoms with Gasteiger partial charge in [-0.05, 0) is 49.6 Å². The van der Waals surface area contributed by atoms with E-state index in [1.165, 1.54) is 9.80 Å². The third-order valence-electron chi connectivity index (χ3n) is 6.62. The van der Waals surface area contributed by atoms with Gasteiger partial charge in [-0.3, -0.25) is 24.2 Å². The van der Waals surface area contributed by atoms with Crippen LogP contribution in [0.1, 0.15) is 23.1 Å². The lowest BCUT2D eigenvalue weighted by molar-refractivity contribution is -0.123. The number of sulfone groups is 1. The fraction of sp³-hybridized carbons (Fsp3) is 0.280. The number of hydrogen-bond acceptors (Lipinski definition) is 7. The number of anilines is 2. The summed E-state index contributed by atoms with van der Waals surface area (Å²) < 4.78 is 24.2. The second-order valence-corrected chi connectivity index (χ2v) is 12.9. The van der Waals surface area contributed by atoms with Gasteiger partial charge in [0.25, 0.3) is 11.8 Å². The Morgan fingerprint density at radius 1 is 1.11 bits per heavy atom. The van der Waals surface area contributed by atoms with Crippen molar-refractivity contribution in [3.05, 3.63) is 64.1 Å². The van der Waals surface area contributed by atoms with E-state index in [1.807, 2.05) is 26.0 Å². The topological polar surface area (TPSA) is 104 Å². The number of nitrogens with one attached hydrogen (secondary N) is 1. The van der Waals surface area contributed by atoms with Crippen molar-refractivity contribution < 1.29 is 22.8 Å². The lowest BCUT2D eigenvalue weighted by atomic mass is 10.1. The highest BCUT2D eigenvalue weighted by Gasteiger charge is 2.46. The van der Waals surface area contributed by atoms with Gasteiger partial charge in [0, 0.05) is 11.3 Å². The monoisotopic (exact) mass is 541 g/mol. The van der Waals surface area contributed by atoms with Crippen LogP contribution in [0.2, 0.25) is 0 Å². The third-order valence-corrected chi connectivity index (χ3v) is 9.77. The number of fused-ring (bicyclic) bond motifs is 1. The number of thioether (sulfide) groups is 1. The van der Waals surface area contributed by atoms with Crippen LogP contribution in [0.25, 0.3) is 5.57 Å². The van der Waals surface area contributed by atoms with Crippen molar-refractivity contribution in [2.75, 3.05) is 28.3 Å². The maximum atomic E-state index is 13.6. The number of carbonyl (C=O) groups is 3. The number of nitrogens with zero attached hydrogens (tertiary/aromatic N) is 2. The average molecular weight is 542 g/mol. The van der Waals surface area contributed by atoms with Crippen LogP contribution in [-0.2, 0) is 24.2 Å². The molecule has 36 heavy (non-hydrogen) atoms. The highest BCUT2D eigenvalue weighted by atomic mass is 32.2. The van der Waals surface area contributed by atoms with Gasteiger partial charge in [0.05, 0.1) is 33.7 Å². The Labute approximate surface area is 218 Å². The Kier molecular flexibility index (Phi) is 6.26. The van der Waals surface area contributed by atoms with E-state index in [9.17, 15) is 22.8 Å². The van der Waals surface area contributed by atoms with E-state index in [2.05, 4.69) is 5.32 Å². The quantitative estimate of drug-likeness (QED) is 0.469. The fourth-order valence-electron chi connectivity index (χ4n) is 4.64. The van der Waals surface area contributed by atoms with E-state index in [-0.39, 0.29) is 38.8 Å². The number of benzene rings is 2. The second kappa shape index (κ2) is 9.13. The molecule has 3 heterocycles. The molecule has 0 bridgehead atoms. The molecule has 0 aromatic heterocycles. The molecule has 5 rings (SSSR count). The number of rotatable bonds is 4. The minimum absolute atomic E-state index is 0.00575. The molecule has 11 heteroatoms. The van der Waals surface area contributed by atoms with Crippen LogP contribution in [0, 0.1) is 13.8 Å². The van der Waals surface area contributed by atoms with E-state index < -0.39 is 27.7 Å². The SMILES string of the molecule is Cc1ccc(NC(=O)CN2C(=O)C(=C3SC(=S)N(C4CCS(=O)(=O)C4)C3=O)c3ccccc32)cc1C. The van der Waals surface area contributed by atoms with Crippen molar-refractivity contribution >= 4 is 72.8 Å². The lowest BCUT2D eigenvalue weighted by Crippen LogP contribution is -2.39. The molecule has 0 radical (unpaired) electrons. The van der Waals surface area contributed by atoms with Crippen LogP contribution in [-0.4, -0.2) is 59.5 Å². The van der Waals surface area contributed by atoms with Gasteiger partial charge in [-0.25, -0.2) is 8.42 Å². The van der Waals surface area contributed by atoms with Crippen molar-refractivity contribution in [2.45, 2.75) is 26.3 Å². The van der Waals surface area contributed by atoms with Gasteiger partial charge in [0.1, 0.15) is 10.9 Å². The molecule has 186 valence electrons. The summed E-state index contributed by atoms with van der Waals surface area (Å²) in [6.45, 7) is 3.71. The third kappa shape index (κ3) is 4.35. The zero-order chi connectivity index (χ0) is 25.8. The maximum absolute atomic E-state index is 13.6. The molecular weight excluding hydrogens is 518 g/mol. The van der Waals surface area contributed by atoms with Crippen LogP contribution in [0.4, 0.5) is 11.4 Å². The summed E-state index contributed by atoms with van der Waals surface area (Å²) in [7, 11) is -3.23. The number of para-hydroxylation sites is 1. The largest absolute Gasteiger partial charge is 0.325 e. The molecule has 2 aromatic rings. The van der Waals surface area contributed by atoms with Crippen LogP contribution < -0.4 is 10.2 Å². The van der Waals surface area contributed by atoms with Crippen molar-refractivity contribution in [1.82, 2.24) is 4.90 Å². The van der Waals surface area contributed by atoms with E-state index in [0.717, 1.165) is 22.9 Å². The van der Waals surface area contributed by atoms with Crippen molar-refractivity contribution in [3.63, 3.8) is 0 Å². The molecule has 3 aliphatic heterocycles. The molecule has 0 aliphatic carbocycles. The molecule has 1 N–H and O–H groups in total. The van der Waals surface area contributed by atoms with Gasteiger partial charge >= 0.3 is 0 Å². The van der Waals surface area contributed by atoms with E-state index in [0.29, 0.717) is 23.4 Å². The Balaban J connectivity index is 1.44. The molecule has 8 nitrogen and oxygen atoms in total. The van der Waals surface area contributed by atoms with Gasteiger partial charge in [0.15, 0.2) is 9.84 Å². The zero-order valence-electron chi connectivity index (χ0n) is 19.6. The predicted octanol–water partition coefficient (Wildman–Crippen LogP) is 3.05. The zero-order valence-corrected chi connectivity index (χ0v) is 22.1. The molecule has 2 aromatic carbocycles. The second-order valence-electron chi connectivity index (χ2n) is 9.06. The Morgan fingerprint density at radius 3 is 2.56 bits per heavy atom. The molecule has 1 unspecified atom stereocenters. The highest BCUT2D eigenvalue weighted by Crippen LogP contribution is 2.45. The summed E-state index contributed by atoms with van der Waals surface area (Å²) in [6, 6.07) is 12.0. The Morgan fingerprint density at radius 2 is 1.86 bits per heavy atom. The summed E-state index contributed by atoms with van der Waals surface area (Å²) >= 11 is 6.43. The van der Waals surface area contributed by atoms with Crippen LogP contribution >= 0.6 is 24.0 Å². The fourth-order valence-corrected chi connectivity index (χ4v) is 7.82. The number of carbonyl (C=O) groups excluding carboxylic acids is 3. The summed E-state index contributed by atoms with van der Waals surface area (Å²) in [4.78, 5) is 42.7. The minimum Gasteiger partial charge on any atom is -0.325 e. The van der Waals surface area contributed by atoms with Gasteiger partial charge in [-0.2, -0.15) is 0 Å². The summed E-state index contributed by atoms with van der Waals surface area (Å²) in [6.07, 6.45) is 0.312. The Bertz CT molecular complexity index is 1480. The van der Waals surface area contributed by atoms with Crippen LogP contribution in [0.15, 0.2) is 47.4 Å². The number of hydrogen-bond donors (Lipinski definition) is 1. The molecular formula is C25H23N3O5S3. The Hall–Kier alpha value is -3.02. The molecule has 3 amide bonds. The molecule has 3 aliphatic rings. The van der Waals surface area contributed by atoms with E-state index in [1.54, 1.807) is 30.3 Å². The van der Waals surface area contributed by atoms with E-state index in [4.69, 9.17) is 12.2 Å².